The Hall–Kier alpha value is -2.80. The monoisotopic (exact) mass is 343 g/mol. The van der Waals surface area contributed by atoms with Crippen molar-refractivity contribution in [2.24, 2.45) is 0 Å². The summed E-state index contributed by atoms with van der Waals surface area (Å²) in [5.41, 5.74) is 1.72. The first-order valence-electron chi connectivity index (χ1n) is 6.82. The first kappa shape index (κ1) is 19.2. The summed E-state index contributed by atoms with van der Waals surface area (Å²) < 4.78 is 34.3. The van der Waals surface area contributed by atoms with Crippen LogP contribution in [0.3, 0.4) is 0 Å². The highest BCUT2D eigenvalue weighted by Crippen LogP contribution is 2.05. The van der Waals surface area contributed by atoms with Crippen LogP contribution in [0.1, 0.15) is 11.1 Å². The van der Waals surface area contributed by atoms with Crippen LogP contribution in [-0.2, 0) is 16.7 Å². The maximum Gasteiger partial charge on any atom is 0.209 e. The van der Waals surface area contributed by atoms with Gasteiger partial charge in [0.25, 0.3) is 0 Å². The van der Waals surface area contributed by atoms with E-state index in [4.69, 9.17) is 24.1 Å². The molecule has 0 fully saturated rings. The van der Waals surface area contributed by atoms with Gasteiger partial charge in [-0.1, -0.05) is 24.0 Å². The maximum atomic E-state index is 9.08. The van der Waals surface area contributed by atoms with E-state index in [-0.39, 0.29) is 0 Å². The lowest BCUT2D eigenvalue weighted by atomic mass is 10.1. The highest BCUT2D eigenvalue weighted by Gasteiger charge is 1.98. The summed E-state index contributed by atoms with van der Waals surface area (Å²) in [4.78, 5) is 0. The molecule has 1 aromatic heterocycles. The Balaban J connectivity index is 0.000000505. The molecule has 0 atom stereocenters. The Kier molecular flexibility index (Phi) is 7.51. The van der Waals surface area contributed by atoms with Gasteiger partial charge in [-0.3, -0.25) is 0 Å². The van der Waals surface area contributed by atoms with Crippen LogP contribution in [0.2, 0.25) is 0 Å². The van der Waals surface area contributed by atoms with Crippen molar-refractivity contribution in [1.82, 2.24) is 0 Å². The Morgan fingerprint density at radius 3 is 2.21 bits per heavy atom. The number of methoxy groups -OCH3 is 1. The van der Waals surface area contributed by atoms with E-state index in [2.05, 4.69) is 17.8 Å². The number of nitrogens with zero attached hydrogens (tertiary/aromatic N) is 1. The third-order valence-electron chi connectivity index (χ3n) is 2.66. The highest BCUT2D eigenvalue weighted by atomic mass is 32.2. The number of hydrogen-bond donors (Lipinski definition) is 0. The summed E-state index contributed by atoms with van der Waals surface area (Å²) in [6.07, 6.45) is 9.90. The normalized spacial score (nSPS) is 9.58. The number of benzene rings is 1. The zero-order valence-electron chi connectivity index (χ0n) is 13.4. The minimum absolute atomic E-state index is 0.604. The summed E-state index contributed by atoms with van der Waals surface area (Å²) in [7, 11) is -2.27. The second-order valence-electron chi connectivity index (χ2n) is 4.61. The van der Waals surface area contributed by atoms with Crippen molar-refractivity contribution in [2.75, 3.05) is 13.4 Å². The van der Waals surface area contributed by atoms with E-state index in [1.807, 2.05) is 53.4 Å². The Labute approximate surface area is 142 Å². The number of ether oxygens (including phenoxy) is 1. The van der Waals surface area contributed by atoms with E-state index in [9.17, 15) is 0 Å². The van der Waals surface area contributed by atoms with Gasteiger partial charge in [0.1, 0.15) is 5.75 Å². The van der Waals surface area contributed by atoms with E-state index in [1.54, 1.807) is 7.11 Å². The SMILES string of the molecule is C#Cc1ccccc1C#CC[n+]1ccc(OC)cc1.CS(=O)(=O)[O-]. The van der Waals surface area contributed by atoms with Crippen molar-refractivity contribution >= 4 is 10.1 Å². The minimum Gasteiger partial charge on any atom is -0.748 e. The van der Waals surface area contributed by atoms with E-state index in [0.29, 0.717) is 12.8 Å². The fraction of sp³-hybridized carbons (Fsp3) is 0.167. The zero-order valence-corrected chi connectivity index (χ0v) is 14.2. The molecule has 2 rings (SSSR count). The number of terminal acetylenes is 1. The molecule has 5 nitrogen and oxygen atoms in total. The van der Waals surface area contributed by atoms with E-state index in [1.165, 1.54) is 0 Å². The van der Waals surface area contributed by atoms with Gasteiger partial charge in [-0.25, -0.2) is 8.42 Å². The molecule has 2 aromatic rings. The van der Waals surface area contributed by atoms with E-state index >= 15 is 0 Å². The lowest BCUT2D eigenvalue weighted by molar-refractivity contribution is -0.684. The van der Waals surface area contributed by atoms with Crippen molar-refractivity contribution in [3.05, 3.63) is 59.9 Å². The zero-order chi connectivity index (χ0) is 18.0. The summed E-state index contributed by atoms with van der Waals surface area (Å²) in [6, 6.07) is 11.5. The molecule has 0 bridgehead atoms. The highest BCUT2D eigenvalue weighted by molar-refractivity contribution is 7.84. The molecule has 0 unspecified atom stereocenters. The summed E-state index contributed by atoms with van der Waals surface area (Å²) >= 11 is 0. The number of aromatic nitrogens is 1. The molecular formula is C18H17NO4S. The lowest BCUT2D eigenvalue weighted by Gasteiger charge is -1.96. The van der Waals surface area contributed by atoms with Crippen LogP contribution >= 0.6 is 0 Å². The van der Waals surface area contributed by atoms with Gasteiger partial charge in [0, 0.05) is 29.5 Å². The van der Waals surface area contributed by atoms with Gasteiger partial charge < -0.3 is 9.29 Å². The molecular weight excluding hydrogens is 326 g/mol. The van der Waals surface area contributed by atoms with Crippen LogP contribution in [0.15, 0.2) is 48.8 Å². The fourth-order valence-corrected chi connectivity index (χ4v) is 1.63. The third kappa shape index (κ3) is 8.00. The number of rotatable bonds is 2. The maximum absolute atomic E-state index is 9.08. The molecule has 0 aliphatic carbocycles. The largest absolute Gasteiger partial charge is 0.748 e. The van der Waals surface area contributed by atoms with E-state index in [0.717, 1.165) is 16.9 Å². The first-order valence-corrected chi connectivity index (χ1v) is 8.63. The number of pyridine rings is 1. The molecule has 124 valence electrons. The molecule has 0 amide bonds. The molecule has 24 heavy (non-hydrogen) atoms. The van der Waals surface area contributed by atoms with Gasteiger partial charge >= 0.3 is 0 Å². The smallest absolute Gasteiger partial charge is 0.209 e. The third-order valence-corrected chi connectivity index (χ3v) is 2.66. The second-order valence-corrected chi connectivity index (χ2v) is 6.01. The van der Waals surface area contributed by atoms with E-state index < -0.39 is 10.1 Å². The molecule has 1 heterocycles. The van der Waals surface area contributed by atoms with Crippen molar-refractivity contribution < 1.29 is 22.3 Å². The van der Waals surface area contributed by atoms with Gasteiger partial charge in [0.05, 0.1) is 17.2 Å². The molecule has 0 saturated carbocycles. The van der Waals surface area contributed by atoms with Gasteiger partial charge in [-0.05, 0) is 18.1 Å². The van der Waals surface area contributed by atoms with Gasteiger partial charge in [0.15, 0.2) is 12.4 Å². The summed E-state index contributed by atoms with van der Waals surface area (Å²) in [5, 5.41) is 0. The molecule has 6 heteroatoms. The average molecular weight is 343 g/mol. The molecule has 0 aliphatic heterocycles. The van der Waals surface area contributed by atoms with Crippen LogP contribution in [-0.4, -0.2) is 26.3 Å². The van der Waals surface area contributed by atoms with Crippen molar-refractivity contribution in [1.29, 1.82) is 0 Å². The van der Waals surface area contributed by atoms with Crippen molar-refractivity contribution in [3.63, 3.8) is 0 Å². The van der Waals surface area contributed by atoms with Crippen molar-refractivity contribution in [2.45, 2.75) is 6.54 Å². The van der Waals surface area contributed by atoms with Gasteiger partial charge in [-0.15, -0.1) is 6.42 Å². The van der Waals surface area contributed by atoms with Crippen LogP contribution < -0.4 is 9.30 Å². The van der Waals surface area contributed by atoms with Crippen LogP contribution in [0, 0.1) is 24.2 Å². The Morgan fingerprint density at radius 2 is 1.71 bits per heavy atom. The molecule has 0 saturated heterocycles. The van der Waals surface area contributed by atoms with Crippen molar-refractivity contribution in [3.8, 4) is 29.9 Å². The summed E-state index contributed by atoms with van der Waals surface area (Å²) in [5.74, 6) is 9.67. The average Bonchev–Trinajstić information content (AvgIpc) is 2.54. The lowest BCUT2D eigenvalue weighted by Crippen LogP contribution is -2.31. The van der Waals surface area contributed by atoms with Crippen LogP contribution in [0.25, 0.3) is 0 Å². The molecule has 0 spiro atoms. The second kappa shape index (κ2) is 9.36. The molecule has 0 radical (unpaired) electrons. The van der Waals surface area contributed by atoms with Crippen LogP contribution in [0.5, 0.6) is 5.75 Å². The Morgan fingerprint density at radius 1 is 1.17 bits per heavy atom. The quantitative estimate of drug-likeness (QED) is 0.466. The standard InChI is InChI=1S/C17H14NO.CH4O3S/c1-3-15-7-4-5-8-16(15)9-6-12-18-13-10-17(19-2)11-14-18;1-5(2,3)4/h1,4-5,7-8,10-11,13-14H,12H2,2H3;1H3,(H,2,3,4)/q+1;/p-1. The number of hydrogen-bond acceptors (Lipinski definition) is 4. The Bertz CT molecular complexity index is 862. The van der Waals surface area contributed by atoms with Gasteiger partial charge in [0.2, 0.25) is 6.54 Å². The summed E-state index contributed by atoms with van der Waals surface area (Å²) in [6.45, 7) is 0.614. The molecule has 0 N–H and O–H groups in total. The predicted octanol–water partition coefficient (Wildman–Crippen LogP) is 1.18. The molecule has 1 aromatic carbocycles. The fourth-order valence-electron chi connectivity index (χ4n) is 1.63. The van der Waals surface area contributed by atoms with Gasteiger partial charge in [-0.2, -0.15) is 4.57 Å². The topological polar surface area (TPSA) is 70.3 Å². The minimum atomic E-state index is -3.92. The molecule has 0 aliphatic rings. The van der Waals surface area contributed by atoms with Crippen LogP contribution in [0.4, 0.5) is 0 Å². The predicted molar refractivity (Wildman–Crippen MR) is 90.1 cm³/mol. The first-order chi connectivity index (χ1) is 11.3.